The summed E-state index contributed by atoms with van der Waals surface area (Å²) in [6.45, 7) is 0. The van der Waals surface area contributed by atoms with Gasteiger partial charge in [-0.3, -0.25) is 4.79 Å². The number of carboxylic acid groups (broad SMARTS) is 1. The molecule has 0 atom stereocenters. The number of carboxylic acids is 1. The van der Waals surface area contributed by atoms with Crippen LogP contribution in [-0.4, -0.2) is 24.0 Å². The van der Waals surface area contributed by atoms with Gasteiger partial charge in [-0.05, 0) is 30.5 Å². The summed E-state index contributed by atoms with van der Waals surface area (Å²) in [5, 5.41) is 8.39. The number of ether oxygens (including phenoxy) is 1. The highest BCUT2D eigenvalue weighted by atomic mass is 16.5. The van der Waals surface area contributed by atoms with Gasteiger partial charge in [0.05, 0.1) is 7.11 Å². The number of carbonyl (C=O) groups is 2. The summed E-state index contributed by atoms with van der Waals surface area (Å²) in [5.41, 5.74) is 1.04. The fraction of sp³-hybridized carbons (Fsp3) is 0.333. The number of benzene rings is 1. The molecule has 0 radical (unpaired) electrons. The highest BCUT2D eigenvalue weighted by Gasteiger charge is 2.10. The maximum atomic E-state index is 10.8. The third-order valence-corrected chi connectivity index (χ3v) is 2.24. The normalized spacial score (nSPS) is 9.81. The zero-order chi connectivity index (χ0) is 12.0. The van der Waals surface area contributed by atoms with Crippen molar-refractivity contribution >= 4 is 11.8 Å². The van der Waals surface area contributed by atoms with Crippen LogP contribution in [0, 0.1) is 0 Å². The van der Waals surface area contributed by atoms with Crippen molar-refractivity contribution in [3.63, 3.8) is 0 Å². The van der Waals surface area contributed by atoms with Crippen LogP contribution in [0.5, 0.6) is 5.75 Å². The van der Waals surface area contributed by atoms with Crippen molar-refractivity contribution in [3.8, 4) is 5.75 Å². The Morgan fingerprint density at radius 2 is 2.12 bits per heavy atom. The fourth-order valence-electron chi connectivity index (χ4n) is 1.39. The molecule has 1 N–H and O–H groups in total. The summed E-state index contributed by atoms with van der Waals surface area (Å²) in [7, 11) is 1.59. The maximum Gasteiger partial charge on any atom is 0.372 e. The van der Waals surface area contributed by atoms with E-state index in [-0.39, 0.29) is 6.42 Å². The molecule has 1 aromatic carbocycles. The number of rotatable bonds is 6. The van der Waals surface area contributed by atoms with E-state index < -0.39 is 11.8 Å². The molecule has 0 amide bonds. The van der Waals surface area contributed by atoms with Gasteiger partial charge in [-0.25, -0.2) is 4.79 Å². The van der Waals surface area contributed by atoms with Gasteiger partial charge in [0.1, 0.15) is 5.75 Å². The summed E-state index contributed by atoms with van der Waals surface area (Å²) in [4.78, 5) is 21.1. The van der Waals surface area contributed by atoms with Crippen LogP contribution in [0.2, 0.25) is 0 Å². The van der Waals surface area contributed by atoms with Gasteiger partial charge in [0.15, 0.2) is 0 Å². The Labute approximate surface area is 93.9 Å². The Morgan fingerprint density at radius 1 is 1.38 bits per heavy atom. The monoisotopic (exact) mass is 222 g/mol. The quantitative estimate of drug-likeness (QED) is 0.743. The first kappa shape index (κ1) is 12.2. The van der Waals surface area contributed by atoms with E-state index in [1.165, 1.54) is 0 Å². The highest BCUT2D eigenvalue weighted by Crippen LogP contribution is 2.14. The maximum absolute atomic E-state index is 10.8. The summed E-state index contributed by atoms with van der Waals surface area (Å²) >= 11 is 0. The summed E-state index contributed by atoms with van der Waals surface area (Å²) < 4.78 is 5.06. The zero-order valence-corrected chi connectivity index (χ0v) is 9.10. The standard InChI is InChI=1S/C12H14O4/c1-16-10-6-2-4-9(8-10)5-3-7-11(13)12(14)15/h2,4,6,8H,3,5,7H2,1H3,(H,14,15). The van der Waals surface area contributed by atoms with E-state index in [4.69, 9.17) is 9.84 Å². The first-order valence-electron chi connectivity index (χ1n) is 5.02. The molecule has 0 unspecified atom stereocenters. The first-order valence-corrected chi connectivity index (χ1v) is 5.02. The smallest absolute Gasteiger partial charge is 0.372 e. The van der Waals surface area contributed by atoms with Crippen LogP contribution in [0.1, 0.15) is 18.4 Å². The Balaban J connectivity index is 2.42. The van der Waals surface area contributed by atoms with Crippen LogP contribution in [0.25, 0.3) is 0 Å². The molecule has 4 nitrogen and oxygen atoms in total. The van der Waals surface area contributed by atoms with Crippen LogP contribution in [0.3, 0.4) is 0 Å². The van der Waals surface area contributed by atoms with E-state index in [1.54, 1.807) is 7.11 Å². The molecular formula is C12H14O4. The molecule has 0 spiro atoms. The van der Waals surface area contributed by atoms with E-state index in [2.05, 4.69) is 0 Å². The average Bonchev–Trinajstić information content (AvgIpc) is 2.29. The fourth-order valence-corrected chi connectivity index (χ4v) is 1.39. The number of aryl methyl sites for hydroxylation is 1. The van der Waals surface area contributed by atoms with Crippen LogP contribution in [0.4, 0.5) is 0 Å². The van der Waals surface area contributed by atoms with Gasteiger partial charge < -0.3 is 9.84 Å². The number of aliphatic carboxylic acids is 1. The lowest BCUT2D eigenvalue weighted by atomic mass is 10.1. The molecule has 4 heteroatoms. The number of Topliss-reactive ketones (excluding diaryl/α,β-unsaturated/α-hetero) is 1. The molecule has 1 rings (SSSR count). The number of carbonyl (C=O) groups excluding carboxylic acids is 1. The Kier molecular flexibility index (Phi) is 4.51. The third-order valence-electron chi connectivity index (χ3n) is 2.24. The van der Waals surface area contributed by atoms with Gasteiger partial charge >= 0.3 is 5.97 Å². The molecule has 0 aliphatic carbocycles. The number of hydrogen-bond acceptors (Lipinski definition) is 3. The zero-order valence-electron chi connectivity index (χ0n) is 9.10. The summed E-state index contributed by atoms with van der Waals surface area (Å²) in [6, 6.07) is 7.51. The molecule has 0 aromatic heterocycles. The Hall–Kier alpha value is -1.84. The summed E-state index contributed by atoms with van der Waals surface area (Å²) in [6.07, 6.45) is 1.29. The molecule has 86 valence electrons. The third kappa shape index (κ3) is 3.73. The molecule has 0 aliphatic rings. The van der Waals surface area contributed by atoms with Crippen molar-refractivity contribution in [1.29, 1.82) is 0 Å². The van der Waals surface area contributed by atoms with Gasteiger partial charge in [0.25, 0.3) is 0 Å². The van der Waals surface area contributed by atoms with Crippen molar-refractivity contribution < 1.29 is 19.4 Å². The molecule has 0 saturated heterocycles. The van der Waals surface area contributed by atoms with Gasteiger partial charge in [0.2, 0.25) is 5.78 Å². The second kappa shape index (κ2) is 5.90. The molecular weight excluding hydrogens is 208 g/mol. The number of ketones is 1. The van der Waals surface area contributed by atoms with Crippen molar-refractivity contribution in [2.24, 2.45) is 0 Å². The lowest BCUT2D eigenvalue weighted by Gasteiger charge is -2.03. The number of hydrogen-bond donors (Lipinski definition) is 1. The first-order chi connectivity index (χ1) is 7.63. The van der Waals surface area contributed by atoms with Crippen LogP contribution < -0.4 is 4.74 Å². The van der Waals surface area contributed by atoms with Gasteiger partial charge in [0, 0.05) is 6.42 Å². The van der Waals surface area contributed by atoms with E-state index in [0.29, 0.717) is 12.8 Å². The van der Waals surface area contributed by atoms with E-state index in [1.807, 2.05) is 24.3 Å². The molecule has 16 heavy (non-hydrogen) atoms. The van der Waals surface area contributed by atoms with Crippen molar-refractivity contribution in [3.05, 3.63) is 29.8 Å². The van der Waals surface area contributed by atoms with Gasteiger partial charge in [-0.1, -0.05) is 12.1 Å². The minimum Gasteiger partial charge on any atom is -0.497 e. The SMILES string of the molecule is COc1cccc(CCCC(=O)C(=O)O)c1. The van der Waals surface area contributed by atoms with Crippen molar-refractivity contribution in [2.45, 2.75) is 19.3 Å². The molecule has 0 saturated carbocycles. The second-order valence-electron chi connectivity index (χ2n) is 3.43. The van der Waals surface area contributed by atoms with E-state index in [0.717, 1.165) is 11.3 Å². The van der Waals surface area contributed by atoms with Gasteiger partial charge in [-0.2, -0.15) is 0 Å². The largest absolute Gasteiger partial charge is 0.497 e. The number of methoxy groups -OCH3 is 1. The Morgan fingerprint density at radius 3 is 2.75 bits per heavy atom. The minimum absolute atomic E-state index is 0.0759. The van der Waals surface area contributed by atoms with E-state index >= 15 is 0 Å². The average molecular weight is 222 g/mol. The van der Waals surface area contributed by atoms with Crippen LogP contribution in [0.15, 0.2) is 24.3 Å². The van der Waals surface area contributed by atoms with Crippen LogP contribution >= 0.6 is 0 Å². The predicted molar refractivity (Wildman–Crippen MR) is 58.6 cm³/mol. The summed E-state index contributed by atoms with van der Waals surface area (Å²) in [5.74, 6) is -1.32. The molecule has 0 fully saturated rings. The highest BCUT2D eigenvalue weighted by molar-refractivity contribution is 6.32. The van der Waals surface area contributed by atoms with Gasteiger partial charge in [-0.15, -0.1) is 0 Å². The molecule has 0 bridgehead atoms. The second-order valence-corrected chi connectivity index (χ2v) is 3.43. The predicted octanol–water partition coefficient (Wildman–Crippen LogP) is 1.67. The lowest BCUT2D eigenvalue weighted by molar-refractivity contribution is -0.149. The topological polar surface area (TPSA) is 63.6 Å². The van der Waals surface area contributed by atoms with E-state index in [9.17, 15) is 9.59 Å². The minimum atomic E-state index is -1.36. The lowest BCUT2D eigenvalue weighted by Crippen LogP contribution is -2.12. The van der Waals surface area contributed by atoms with Crippen LogP contribution in [-0.2, 0) is 16.0 Å². The van der Waals surface area contributed by atoms with Crippen molar-refractivity contribution in [2.75, 3.05) is 7.11 Å². The Bertz CT molecular complexity index is 384. The van der Waals surface area contributed by atoms with Crippen molar-refractivity contribution in [1.82, 2.24) is 0 Å². The molecule has 0 aliphatic heterocycles. The molecule has 1 aromatic rings. The molecule has 0 heterocycles.